The van der Waals surface area contributed by atoms with Crippen LogP contribution in [0.1, 0.15) is 0 Å². The maximum atomic E-state index is 11.3. The molecule has 0 bridgehead atoms. The van der Waals surface area contributed by atoms with Gasteiger partial charge in [0.2, 0.25) is 5.91 Å². The van der Waals surface area contributed by atoms with Crippen LogP contribution in [-0.2, 0) is 11.3 Å². The zero-order valence-corrected chi connectivity index (χ0v) is 7.21. The molecule has 72 valence electrons. The predicted octanol–water partition coefficient (Wildman–Crippen LogP) is -0.360. The van der Waals surface area contributed by atoms with Crippen molar-refractivity contribution in [3.63, 3.8) is 0 Å². The summed E-state index contributed by atoms with van der Waals surface area (Å²) < 4.78 is 1.44. The molecule has 2 aromatic rings. The van der Waals surface area contributed by atoms with E-state index in [1.165, 1.54) is 17.1 Å². The number of nitrogens with one attached hydrogen (secondary N) is 2. The van der Waals surface area contributed by atoms with Crippen molar-refractivity contribution in [2.45, 2.75) is 6.54 Å². The normalized spacial score (nSPS) is 10.0. The number of carbonyl (C=O) groups excluding carboxylic acids is 1. The van der Waals surface area contributed by atoms with E-state index >= 15 is 0 Å². The minimum Gasteiger partial charge on any atom is -0.322 e. The van der Waals surface area contributed by atoms with E-state index in [0.29, 0.717) is 5.69 Å². The van der Waals surface area contributed by atoms with Gasteiger partial charge in [0.05, 0.1) is 18.1 Å². The molecule has 0 aliphatic rings. The largest absolute Gasteiger partial charge is 0.322 e. The van der Waals surface area contributed by atoms with Gasteiger partial charge in [0, 0.05) is 12.4 Å². The molecule has 2 N–H and O–H groups in total. The van der Waals surface area contributed by atoms with Crippen LogP contribution in [0.15, 0.2) is 24.8 Å². The fourth-order valence-electron chi connectivity index (χ4n) is 0.984. The van der Waals surface area contributed by atoms with Crippen molar-refractivity contribution in [2.75, 3.05) is 5.32 Å². The highest BCUT2D eigenvalue weighted by Gasteiger charge is 2.03. The number of aromatic nitrogens is 5. The molecule has 0 fully saturated rings. The minimum atomic E-state index is -0.170. The molecular weight excluding hydrogens is 184 g/mol. The molecule has 0 saturated carbocycles. The van der Waals surface area contributed by atoms with Crippen molar-refractivity contribution in [1.82, 2.24) is 25.2 Å². The number of amides is 1. The summed E-state index contributed by atoms with van der Waals surface area (Å²) in [5.41, 5.74) is 0.634. The van der Waals surface area contributed by atoms with E-state index in [1.54, 1.807) is 12.4 Å². The third-order valence-electron chi connectivity index (χ3n) is 1.56. The maximum absolute atomic E-state index is 11.3. The van der Waals surface area contributed by atoms with E-state index < -0.39 is 0 Å². The molecular formula is C7H8N6O. The first-order valence-corrected chi connectivity index (χ1v) is 3.97. The second kappa shape index (κ2) is 3.69. The monoisotopic (exact) mass is 192 g/mol. The van der Waals surface area contributed by atoms with E-state index in [4.69, 9.17) is 0 Å². The number of hydrogen-bond donors (Lipinski definition) is 2. The Hall–Kier alpha value is -2.18. The van der Waals surface area contributed by atoms with Crippen LogP contribution in [0.25, 0.3) is 0 Å². The second-order valence-corrected chi connectivity index (χ2v) is 2.64. The van der Waals surface area contributed by atoms with Crippen molar-refractivity contribution in [3.05, 3.63) is 24.8 Å². The van der Waals surface area contributed by atoms with Crippen molar-refractivity contribution in [1.29, 1.82) is 0 Å². The Bertz CT molecular complexity index is 354. The number of hydrogen-bond acceptors (Lipinski definition) is 4. The Balaban J connectivity index is 1.91. The fourth-order valence-corrected chi connectivity index (χ4v) is 0.984. The van der Waals surface area contributed by atoms with Gasteiger partial charge in [0.15, 0.2) is 0 Å². The Morgan fingerprint density at radius 1 is 1.64 bits per heavy atom. The average Bonchev–Trinajstić information content (AvgIpc) is 2.76. The lowest BCUT2D eigenvalue weighted by molar-refractivity contribution is -0.116. The SMILES string of the molecule is O=C(Cn1ccnn1)Nc1cn[nH]c1. The summed E-state index contributed by atoms with van der Waals surface area (Å²) in [4.78, 5) is 11.3. The molecule has 0 spiro atoms. The maximum Gasteiger partial charge on any atom is 0.246 e. The molecule has 0 atom stereocenters. The van der Waals surface area contributed by atoms with E-state index in [-0.39, 0.29) is 12.5 Å². The Morgan fingerprint density at radius 3 is 3.21 bits per heavy atom. The van der Waals surface area contributed by atoms with Gasteiger partial charge in [-0.05, 0) is 0 Å². The van der Waals surface area contributed by atoms with Crippen molar-refractivity contribution < 1.29 is 4.79 Å². The van der Waals surface area contributed by atoms with Gasteiger partial charge < -0.3 is 5.32 Å². The van der Waals surface area contributed by atoms with Gasteiger partial charge in [-0.3, -0.25) is 9.89 Å². The highest BCUT2D eigenvalue weighted by Crippen LogP contribution is 2.00. The van der Waals surface area contributed by atoms with Gasteiger partial charge in [-0.15, -0.1) is 5.10 Å². The first-order valence-electron chi connectivity index (χ1n) is 3.97. The van der Waals surface area contributed by atoms with Gasteiger partial charge >= 0.3 is 0 Å². The zero-order valence-electron chi connectivity index (χ0n) is 7.21. The quantitative estimate of drug-likeness (QED) is 0.695. The van der Waals surface area contributed by atoms with Crippen LogP contribution in [0, 0.1) is 0 Å². The highest BCUT2D eigenvalue weighted by atomic mass is 16.2. The molecule has 14 heavy (non-hydrogen) atoms. The second-order valence-electron chi connectivity index (χ2n) is 2.64. The van der Waals surface area contributed by atoms with Crippen LogP contribution in [0.5, 0.6) is 0 Å². The molecule has 2 rings (SSSR count). The van der Waals surface area contributed by atoms with E-state index in [9.17, 15) is 4.79 Å². The number of carbonyl (C=O) groups is 1. The first-order chi connectivity index (χ1) is 6.84. The van der Waals surface area contributed by atoms with Crippen LogP contribution in [0.3, 0.4) is 0 Å². The Kier molecular flexibility index (Phi) is 2.22. The van der Waals surface area contributed by atoms with Crippen molar-refractivity contribution in [3.8, 4) is 0 Å². The van der Waals surface area contributed by atoms with Gasteiger partial charge in [-0.1, -0.05) is 5.21 Å². The third kappa shape index (κ3) is 1.94. The number of aromatic amines is 1. The van der Waals surface area contributed by atoms with E-state index in [1.807, 2.05) is 0 Å². The fraction of sp³-hybridized carbons (Fsp3) is 0.143. The molecule has 2 heterocycles. The predicted molar refractivity (Wildman–Crippen MR) is 47.2 cm³/mol. The molecule has 0 aliphatic heterocycles. The van der Waals surface area contributed by atoms with Gasteiger partial charge in [0.25, 0.3) is 0 Å². The van der Waals surface area contributed by atoms with Gasteiger partial charge in [0.1, 0.15) is 6.54 Å². The lowest BCUT2D eigenvalue weighted by atomic mass is 10.5. The van der Waals surface area contributed by atoms with Crippen LogP contribution >= 0.6 is 0 Å². The number of nitrogens with zero attached hydrogens (tertiary/aromatic N) is 4. The first kappa shape index (κ1) is 8.42. The van der Waals surface area contributed by atoms with E-state index in [0.717, 1.165) is 0 Å². The molecule has 7 heteroatoms. The van der Waals surface area contributed by atoms with Gasteiger partial charge in [-0.25, -0.2) is 4.68 Å². The zero-order chi connectivity index (χ0) is 9.80. The summed E-state index contributed by atoms with van der Waals surface area (Å²) in [6.45, 7) is 0.144. The lowest BCUT2D eigenvalue weighted by Gasteiger charge is -2.00. The summed E-state index contributed by atoms with van der Waals surface area (Å²) in [5, 5.41) is 16.2. The summed E-state index contributed by atoms with van der Waals surface area (Å²) in [7, 11) is 0. The Labute approximate surface area is 79.1 Å². The summed E-state index contributed by atoms with van der Waals surface area (Å²) in [5.74, 6) is -0.170. The van der Waals surface area contributed by atoms with Gasteiger partial charge in [-0.2, -0.15) is 5.10 Å². The van der Waals surface area contributed by atoms with Crippen LogP contribution < -0.4 is 5.32 Å². The average molecular weight is 192 g/mol. The summed E-state index contributed by atoms with van der Waals surface area (Å²) >= 11 is 0. The number of anilines is 1. The van der Waals surface area contributed by atoms with Crippen LogP contribution in [0.2, 0.25) is 0 Å². The number of rotatable bonds is 3. The summed E-state index contributed by atoms with van der Waals surface area (Å²) in [6.07, 6.45) is 6.26. The van der Waals surface area contributed by atoms with E-state index in [2.05, 4.69) is 25.8 Å². The van der Waals surface area contributed by atoms with Crippen molar-refractivity contribution in [2.24, 2.45) is 0 Å². The molecule has 0 saturated heterocycles. The lowest BCUT2D eigenvalue weighted by Crippen LogP contribution is -2.18. The van der Waals surface area contributed by atoms with Crippen LogP contribution in [-0.4, -0.2) is 31.1 Å². The standard InChI is InChI=1S/C7H8N6O/c14-7(5-13-2-1-8-12-13)11-6-3-9-10-4-6/h1-4H,5H2,(H,9,10)(H,11,14). The highest BCUT2D eigenvalue weighted by molar-refractivity contribution is 5.90. The topological polar surface area (TPSA) is 88.5 Å². The molecule has 0 radical (unpaired) electrons. The van der Waals surface area contributed by atoms with Crippen molar-refractivity contribution >= 4 is 11.6 Å². The molecule has 0 aromatic carbocycles. The summed E-state index contributed by atoms with van der Waals surface area (Å²) in [6, 6.07) is 0. The smallest absolute Gasteiger partial charge is 0.246 e. The van der Waals surface area contributed by atoms with Crippen LogP contribution in [0.4, 0.5) is 5.69 Å². The Morgan fingerprint density at radius 2 is 2.57 bits per heavy atom. The molecule has 0 unspecified atom stereocenters. The molecule has 0 aliphatic carbocycles. The minimum absolute atomic E-state index is 0.144. The third-order valence-corrected chi connectivity index (χ3v) is 1.56. The molecule has 2 aromatic heterocycles. The molecule has 1 amide bonds. The molecule has 7 nitrogen and oxygen atoms in total. The number of H-pyrrole nitrogens is 1.